The number of alkyl halides is 2. The van der Waals surface area contributed by atoms with Gasteiger partial charge in [-0.1, -0.05) is 36.8 Å². The number of aryl methyl sites for hydroxylation is 1. The number of piperidine rings is 1. The van der Waals surface area contributed by atoms with Crippen molar-refractivity contribution in [3.8, 4) is 10.6 Å². The average Bonchev–Trinajstić information content (AvgIpc) is 3.54. The molecular weight excluding hydrogens is 492 g/mol. The van der Waals surface area contributed by atoms with Gasteiger partial charge in [0.1, 0.15) is 11.4 Å². The normalized spacial score (nSPS) is 23.2. The van der Waals surface area contributed by atoms with Crippen molar-refractivity contribution in [2.24, 2.45) is 7.05 Å². The van der Waals surface area contributed by atoms with Crippen molar-refractivity contribution in [3.63, 3.8) is 0 Å². The van der Waals surface area contributed by atoms with E-state index in [-0.39, 0.29) is 23.2 Å². The van der Waals surface area contributed by atoms with Crippen LogP contribution in [0.1, 0.15) is 72.9 Å². The first-order valence-electron chi connectivity index (χ1n) is 13.2. The number of likely N-dealkylation sites (tertiary alicyclic amines) is 1. The highest BCUT2D eigenvalue weighted by Gasteiger charge is 2.41. The van der Waals surface area contributed by atoms with E-state index in [1.807, 2.05) is 0 Å². The Morgan fingerprint density at radius 3 is 2.51 bits per heavy atom. The Bertz CT molecular complexity index is 1200. The van der Waals surface area contributed by atoms with Gasteiger partial charge in [-0.15, -0.1) is 11.3 Å². The number of hydrogen-bond acceptors (Lipinski definition) is 5. The summed E-state index contributed by atoms with van der Waals surface area (Å²) in [5.74, 6) is -3.19. The highest BCUT2D eigenvalue weighted by Crippen LogP contribution is 2.39. The summed E-state index contributed by atoms with van der Waals surface area (Å²) < 4.78 is 28.8. The first kappa shape index (κ1) is 26.0. The molecule has 6 nitrogen and oxygen atoms in total. The molecule has 3 heterocycles. The molecule has 198 valence electrons. The minimum atomic E-state index is -2.99. The van der Waals surface area contributed by atoms with Crippen LogP contribution in [0.2, 0.25) is 0 Å². The first-order valence-corrected chi connectivity index (χ1v) is 14.0. The Morgan fingerprint density at radius 1 is 1.16 bits per heavy atom. The van der Waals surface area contributed by atoms with E-state index in [1.54, 1.807) is 6.20 Å². The van der Waals surface area contributed by atoms with E-state index in [1.165, 1.54) is 54.0 Å². The molecule has 2 aromatic heterocycles. The second-order valence-electron chi connectivity index (χ2n) is 10.6. The molecule has 1 saturated heterocycles. The molecule has 1 N–H and O–H groups in total. The molecule has 1 aromatic carbocycles. The zero-order chi connectivity index (χ0) is 26.0. The monoisotopic (exact) mass is 527 g/mol. The third kappa shape index (κ3) is 5.77. The zero-order valence-electron chi connectivity index (χ0n) is 21.6. The van der Waals surface area contributed by atoms with Crippen LogP contribution in [0.15, 0.2) is 42.6 Å². The SMILES string of the molecule is Cn1nc(-c2cnc(C(=O)NC3CCC(Cc4ccccc4)(N4CCCCC4)CC3)s2)cc1C(C)(F)F. The van der Waals surface area contributed by atoms with Crippen LogP contribution < -0.4 is 5.32 Å². The van der Waals surface area contributed by atoms with E-state index in [0.717, 1.165) is 52.1 Å². The fourth-order valence-electron chi connectivity index (χ4n) is 5.99. The number of thiazole rings is 1. The topological polar surface area (TPSA) is 63.1 Å². The summed E-state index contributed by atoms with van der Waals surface area (Å²) in [5, 5.41) is 7.73. The molecule has 1 saturated carbocycles. The number of benzene rings is 1. The quantitative estimate of drug-likeness (QED) is 0.422. The maximum Gasteiger partial charge on any atom is 0.286 e. The van der Waals surface area contributed by atoms with Gasteiger partial charge in [-0.3, -0.25) is 14.4 Å². The number of aromatic nitrogens is 3. The standard InChI is InChI=1S/C28H35F2N5OS/c1-27(29,30)24-17-22(33-34(24)2)23-19-31-26(37-23)25(36)32-21-11-13-28(14-12-21,35-15-7-4-8-16-35)18-20-9-5-3-6-10-20/h3,5-6,9-10,17,19,21H,4,7-8,11-16,18H2,1-2H3,(H,32,36). The summed E-state index contributed by atoms with van der Waals surface area (Å²) in [6, 6.07) is 12.2. The summed E-state index contributed by atoms with van der Waals surface area (Å²) >= 11 is 1.19. The number of hydrogen-bond donors (Lipinski definition) is 1. The Labute approximate surface area is 221 Å². The van der Waals surface area contributed by atoms with E-state index in [4.69, 9.17) is 0 Å². The lowest BCUT2D eigenvalue weighted by Gasteiger charge is -2.50. The van der Waals surface area contributed by atoms with Gasteiger partial charge in [-0.05, 0) is 69.7 Å². The zero-order valence-corrected chi connectivity index (χ0v) is 22.4. The predicted octanol–water partition coefficient (Wildman–Crippen LogP) is 5.80. The second kappa shape index (κ2) is 10.6. The molecule has 2 fully saturated rings. The number of halogens is 2. The minimum Gasteiger partial charge on any atom is -0.347 e. The van der Waals surface area contributed by atoms with E-state index < -0.39 is 5.92 Å². The number of carbonyl (C=O) groups is 1. The molecule has 1 aliphatic heterocycles. The Morgan fingerprint density at radius 2 is 1.86 bits per heavy atom. The van der Waals surface area contributed by atoms with Crippen molar-refractivity contribution in [2.45, 2.75) is 75.8 Å². The summed E-state index contributed by atoms with van der Waals surface area (Å²) in [6.07, 6.45) is 10.4. The number of amides is 1. The second-order valence-corrected chi connectivity index (χ2v) is 11.7. The lowest BCUT2D eigenvalue weighted by atomic mass is 9.73. The van der Waals surface area contributed by atoms with Crippen LogP contribution in [0.5, 0.6) is 0 Å². The van der Waals surface area contributed by atoms with Crippen LogP contribution in [0.25, 0.3) is 10.6 Å². The predicted molar refractivity (Wildman–Crippen MR) is 142 cm³/mol. The molecule has 0 unspecified atom stereocenters. The van der Waals surface area contributed by atoms with Crippen LogP contribution in [0.3, 0.4) is 0 Å². The molecular formula is C28H35F2N5OS. The Kier molecular flexibility index (Phi) is 7.45. The van der Waals surface area contributed by atoms with E-state index in [2.05, 4.69) is 50.6 Å². The van der Waals surface area contributed by atoms with Crippen molar-refractivity contribution in [3.05, 3.63) is 58.9 Å². The molecule has 2 aliphatic rings. The van der Waals surface area contributed by atoms with Crippen LogP contribution in [0.4, 0.5) is 8.78 Å². The summed E-state index contributed by atoms with van der Waals surface area (Å²) in [7, 11) is 1.50. The number of rotatable bonds is 7. The van der Waals surface area contributed by atoms with Crippen molar-refractivity contribution < 1.29 is 13.6 Å². The number of nitrogens with one attached hydrogen (secondary N) is 1. The Hall–Kier alpha value is -2.65. The number of carbonyl (C=O) groups excluding carboxylic acids is 1. The van der Waals surface area contributed by atoms with Crippen molar-refractivity contribution >= 4 is 17.2 Å². The van der Waals surface area contributed by atoms with E-state index >= 15 is 0 Å². The molecule has 0 spiro atoms. The number of nitrogens with zero attached hydrogens (tertiary/aromatic N) is 4. The first-order chi connectivity index (χ1) is 17.7. The van der Waals surface area contributed by atoms with Crippen LogP contribution in [0, 0.1) is 0 Å². The van der Waals surface area contributed by atoms with Crippen LogP contribution in [-0.2, 0) is 19.4 Å². The van der Waals surface area contributed by atoms with Crippen molar-refractivity contribution in [1.82, 2.24) is 25.0 Å². The smallest absolute Gasteiger partial charge is 0.286 e. The van der Waals surface area contributed by atoms with Gasteiger partial charge >= 0.3 is 0 Å². The highest BCUT2D eigenvalue weighted by atomic mass is 32.1. The van der Waals surface area contributed by atoms with Gasteiger partial charge in [0, 0.05) is 31.7 Å². The van der Waals surface area contributed by atoms with Crippen molar-refractivity contribution in [2.75, 3.05) is 13.1 Å². The van der Waals surface area contributed by atoms with Gasteiger partial charge in [0.25, 0.3) is 11.8 Å². The van der Waals surface area contributed by atoms with E-state index in [9.17, 15) is 13.6 Å². The molecule has 1 amide bonds. The van der Waals surface area contributed by atoms with Crippen LogP contribution in [-0.4, -0.2) is 50.2 Å². The minimum absolute atomic E-state index is 0.105. The highest BCUT2D eigenvalue weighted by molar-refractivity contribution is 7.16. The fraction of sp³-hybridized carbons (Fsp3) is 0.536. The van der Waals surface area contributed by atoms with Gasteiger partial charge in [0.15, 0.2) is 5.01 Å². The van der Waals surface area contributed by atoms with Gasteiger partial charge < -0.3 is 5.32 Å². The molecule has 9 heteroatoms. The lowest BCUT2D eigenvalue weighted by molar-refractivity contribution is 0.00882. The molecule has 0 bridgehead atoms. The van der Waals surface area contributed by atoms with Crippen LogP contribution >= 0.6 is 11.3 Å². The Balaban J connectivity index is 1.24. The fourth-order valence-corrected chi connectivity index (χ4v) is 6.77. The third-order valence-electron chi connectivity index (χ3n) is 7.94. The molecule has 3 aromatic rings. The largest absolute Gasteiger partial charge is 0.347 e. The van der Waals surface area contributed by atoms with E-state index in [0.29, 0.717) is 15.6 Å². The summed E-state index contributed by atoms with van der Waals surface area (Å²) in [4.78, 5) is 20.6. The summed E-state index contributed by atoms with van der Waals surface area (Å²) in [5.41, 5.74) is 1.76. The average molecular weight is 528 g/mol. The van der Waals surface area contributed by atoms with Gasteiger partial charge in [-0.2, -0.15) is 13.9 Å². The molecule has 37 heavy (non-hydrogen) atoms. The summed E-state index contributed by atoms with van der Waals surface area (Å²) in [6.45, 7) is 3.17. The third-order valence-corrected chi connectivity index (χ3v) is 8.95. The molecule has 0 atom stereocenters. The van der Waals surface area contributed by atoms with Crippen molar-refractivity contribution in [1.29, 1.82) is 0 Å². The maximum absolute atomic E-state index is 13.8. The lowest BCUT2D eigenvalue weighted by Crippen LogP contribution is -2.56. The van der Waals surface area contributed by atoms with Gasteiger partial charge in [0.05, 0.1) is 4.88 Å². The maximum atomic E-state index is 13.8. The van der Waals surface area contributed by atoms with Gasteiger partial charge in [-0.25, -0.2) is 4.98 Å². The molecule has 0 radical (unpaired) electrons. The molecule has 1 aliphatic carbocycles. The van der Waals surface area contributed by atoms with Gasteiger partial charge in [0.2, 0.25) is 0 Å². The molecule has 5 rings (SSSR count).